The summed E-state index contributed by atoms with van der Waals surface area (Å²) in [5.74, 6) is 0.500. The lowest BCUT2D eigenvalue weighted by Gasteiger charge is -2.14. The number of nitriles is 1. The highest BCUT2D eigenvalue weighted by atomic mass is 15.1. The van der Waals surface area contributed by atoms with E-state index in [1.54, 1.807) is 0 Å². The number of aryl methyl sites for hydroxylation is 1. The second-order valence-electron chi connectivity index (χ2n) is 5.16. The highest BCUT2D eigenvalue weighted by Crippen LogP contribution is 2.26. The summed E-state index contributed by atoms with van der Waals surface area (Å²) in [7, 11) is 1.98. The molecule has 0 amide bonds. The van der Waals surface area contributed by atoms with Crippen LogP contribution >= 0.6 is 0 Å². The van der Waals surface area contributed by atoms with Gasteiger partial charge in [0.05, 0.1) is 17.1 Å². The van der Waals surface area contributed by atoms with Gasteiger partial charge in [0.1, 0.15) is 11.7 Å². The molecule has 3 rings (SSSR count). The molecule has 102 valence electrons. The highest BCUT2D eigenvalue weighted by Gasteiger charge is 2.22. The van der Waals surface area contributed by atoms with Crippen molar-refractivity contribution < 1.29 is 0 Å². The summed E-state index contributed by atoms with van der Waals surface area (Å²) in [6, 6.07) is 10.4. The number of nitrogens with one attached hydrogen (secondary N) is 1. The van der Waals surface area contributed by atoms with Gasteiger partial charge in [-0.2, -0.15) is 5.26 Å². The van der Waals surface area contributed by atoms with Gasteiger partial charge < -0.3 is 9.88 Å². The lowest BCUT2D eigenvalue weighted by atomic mass is 10.1. The molecular weight excluding hydrogens is 248 g/mol. The second kappa shape index (κ2) is 5.38. The smallest absolute Gasteiger partial charge is 0.143 e. The number of imidazole rings is 1. The first kappa shape index (κ1) is 12.7. The molecule has 1 aliphatic heterocycles. The summed E-state index contributed by atoms with van der Waals surface area (Å²) in [4.78, 5) is 4.65. The van der Waals surface area contributed by atoms with Gasteiger partial charge in [0, 0.05) is 19.3 Å². The predicted molar refractivity (Wildman–Crippen MR) is 79.0 cm³/mol. The second-order valence-corrected chi connectivity index (χ2v) is 5.16. The predicted octanol–water partition coefficient (Wildman–Crippen LogP) is 2.84. The van der Waals surface area contributed by atoms with E-state index >= 15 is 0 Å². The van der Waals surface area contributed by atoms with Crippen molar-refractivity contribution in [3.8, 4) is 6.07 Å². The van der Waals surface area contributed by atoms with E-state index in [2.05, 4.69) is 22.4 Å². The molecule has 1 atom stereocenters. The number of para-hydroxylation sites is 2. The molecular formula is C16H18N4. The molecule has 0 unspecified atom stereocenters. The van der Waals surface area contributed by atoms with E-state index < -0.39 is 0 Å². The number of rotatable bonds is 2. The van der Waals surface area contributed by atoms with E-state index in [-0.39, 0.29) is 5.92 Å². The molecule has 2 heterocycles. The molecule has 0 bridgehead atoms. The lowest BCUT2D eigenvalue weighted by Crippen LogP contribution is -2.20. The zero-order valence-electron chi connectivity index (χ0n) is 11.6. The van der Waals surface area contributed by atoms with Crippen molar-refractivity contribution >= 4 is 11.0 Å². The zero-order chi connectivity index (χ0) is 13.9. The monoisotopic (exact) mass is 266 g/mol. The third-order valence-electron chi connectivity index (χ3n) is 3.84. The number of aromatic nitrogens is 2. The standard InChI is InChI=1S/C16H18N4/c1-20-15-9-5-4-8-14(15)19-16(20)12(11-17)13-7-3-2-6-10-18-13/h4-5,7-9,12,18H,2-3,6,10H2,1H3/t12-/m1/s1. The lowest BCUT2D eigenvalue weighted by molar-refractivity contribution is 0.681. The van der Waals surface area contributed by atoms with Crippen molar-refractivity contribution in [1.82, 2.24) is 14.9 Å². The van der Waals surface area contributed by atoms with Gasteiger partial charge in [-0.15, -0.1) is 0 Å². The fraction of sp³-hybridized carbons (Fsp3) is 0.375. The van der Waals surface area contributed by atoms with E-state index in [1.165, 1.54) is 6.42 Å². The van der Waals surface area contributed by atoms with Crippen LogP contribution in [0.5, 0.6) is 0 Å². The summed E-state index contributed by atoms with van der Waals surface area (Å²) in [6.45, 7) is 0.938. The zero-order valence-corrected chi connectivity index (χ0v) is 11.6. The first-order valence-electron chi connectivity index (χ1n) is 7.06. The quantitative estimate of drug-likeness (QED) is 0.909. The first-order valence-corrected chi connectivity index (χ1v) is 7.06. The van der Waals surface area contributed by atoms with Crippen LogP contribution in [0.4, 0.5) is 0 Å². The maximum Gasteiger partial charge on any atom is 0.143 e. The van der Waals surface area contributed by atoms with Crippen LogP contribution in [0.1, 0.15) is 31.0 Å². The van der Waals surface area contributed by atoms with E-state index in [1.807, 2.05) is 35.9 Å². The SMILES string of the molecule is Cn1c([C@H](C#N)C2=CCCCCN2)nc2ccccc21. The Morgan fingerprint density at radius 2 is 2.20 bits per heavy atom. The van der Waals surface area contributed by atoms with Crippen molar-refractivity contribution in [3.05, 3.63) is 41.9 Å². The summed E-state index contributed by atoms with van der Waals surface area (Å²) in [5, 5.41) is 13.0. The van der Waals surface area contributed by atoms with Crippen molar-refractivity contribution in [1.29, 1.82) is 5.26 Å². The topological polar surface area (TPSA) is 53.6 Å². The largest absolute Gasteiger partial charge is 0.387 e. The fourth-order valence-electron chi connectivity index (χ4n) is 2.74. The van der Waals surface area contributed by atoms with Gasteiger partial charge in [-0.1, -0.05) is 18.2 Å². The van der Waals surface area contributed by atoms with Crippen LogP contribution in [-0.2, 0) is 7.05 Å². The van der Waals surface area contributed by atoms with Gasteiger partial charge in [-0.25, -0.2) is 4.98 Å². The third kappa shape index (κ3) is 2.16. The van der Waals surface area contributed by atoms with Crippen LogP contribution < -0.4 is 5.32 Å². The minimum absolute atomic E-state index is 0.314. The van der Waals surface area contributed by atoms with Crippen LogP contribution in [0.25, 0.3) is 11.0 Å². The molecule has 2 aromatic rings. The summed E-state index contributed by atoms with van der Waals surface area (Å²) in [6.07, 6.45) is 5.52. The summed E-state index contributed by atoms with van der Waals surface area (Å²) < 4.78 is 2.02. The molecule has 0 fully saturated rings. The minimum atomic E-state index is -0.314. The van der Waals surface area contributed by atoms with Gasteiger partial charge in [0.2, 0.25) is 0 Å². The van der Waals surface area contributed by atoms with E-state index in [4.69, 9.17) is 0 Å². The molecule has 1 aromatic heterocycles. The Kier molecular flexibility index (Phi) is 3.42. The summed E-state index contributed by atoms with van der Waals surface area (Å²) >= 11 is 0. The fourth-order valence-corrected chi connectivity index (χ4v) is 2.74. The molecule has 0 saturated carbocycles. The maximum absolute atomic E-state index is 9.59. The number of nitrogens with zero attached hydrogens (tertiary/aromatic N) is 3. The van der Waals surface area contributed by atoms with E-state index in [0.717, 1.165) is 41.9 Å². The van der Waals surface area contributed by atoms with Gasteiger partial charge >= 0.3 is 0 Å². The minimum Gasteiger partial charge on any atom is -0.387 e. The molecule has 1 N–H and O–H groups in total. The number of hydrogen-bond acceptors (Lipinski definition) is 3. The van der Waals surface area contributed by atoms with Gasteiger partial charge in [0.15, 0.2) is 0 Å². The van der Waals surface area contributed by atoms with Gasteiger partial charge in [-0.05, 0) is 31.4 Å². The van der Waals surface area contributed by atoms with Gasteiger partial charge in [-0.3, -0.25) is 0 Å². The molecule has 1 aromatic carbocycles. The van der Waals surface area contributed by atoms with E-state index in [0.29, 0.717) is 0 Å². The van der Waals surface area contributed by atoms with E-state index in [9.17, 15) is 5.26 Å². The Labute approximate surface area is 118 Å². The number of fused-ring (bicyclic) bond motifs is 1. The molecule has 20 heavy (non-hydrogen) atoms. The molecule has 4 heteroatoms. The number of benzene rings is 1. The molecule has 0 spiro atoms. The van der Waals surface area contributed by atoms with Crippen molar-refractivity contribution in [2.75, 3.05) is 6.54 Å². The number of hydrogen-bond donors (Lipinski definition) is 1. The molecule has 0 radical (unpaired) electrons. The van der Waals surface area contributed by atoms with Gasteiger partial charge in [0.25, 0.3) is 0 Å². The Hall–Kier alpha value is -2.28. The molecule has 0 aliphatic carbocycles. The first-order chi connectivity index (χ1) is 9.81. The van der Waals surface area contributed by atoms with Crippen LogP contribution in [0.15, 0.2) is 36.0 Å². The molecule has 1 aliphatic rings. The van der Waals surface area contributed by atoms with Crippen LogP contribution in [0, 0.1) is 11.3 Å². The maximum atomic E-state index is 9.59. The Balaban J connectivity index is 2.05. The van der Waals surface area contributed by atoms with Crippen LogP contribution in [0.3, 0.4) is 0 Å². The van der Waals surface area contributed by atoms with Crippen molar-refractivity contribution in [2.24, 2.45) is 7.05 Å². The van der Waals surface area contributed by atoms with Crippen LogP contribution in [-0.4, -0.2) is 16.1 Å². The third-order valence-corrected chi connectivity index (χ3v) is 3.84. The average molecular weight is 266 g/mol. The number of allylic oxidation sites excluding steroid dienone is 2. The van der Waals surface area contributed by atoms with Crippen LogP contribution in [0.2, 0.25) is 0 Å². The Morgan fingerprint density at radius 1 is 1.35 bits per heavy atom. The highest BCUT2D eigenvalue weighted by molar-refractivity contribution is 5.76. The van der Waals surface area contributed by atoms with Crippen molar-refractivity contribution in [2.45, 2.75) is 25.2 Å². The Bertz CT molecular complexity index is 690. The van der Waals surface area contributed by atoms with Crippen molar-refractivity contribution in [3.63, 3.8) is 0 Å². The molecule has 4 nitrogen and oxygen atoms in total. The summed E-state index contributed by atoms with van der Waals surface area (Å²) in [5.41, 5.74) is 3.01. The Morgan fingerprint density at radius 3 is 3.00 bits per heavy atom. The normalized spacial score (nSPS) is 16.9. The average Bonchev–Trinajstić information content (AvgIpc) is 2.68. The molecule has 0 saturated heterocycles.